The molecular formula is C24H26F2N8O. The monoisotopic (exact) mass is 480 g/mol. The Bertz CT molecular complexity index is 1460. The number of fused-ring (bicyclic) bond motifs is 2. The second-order valence-corrected chi connectivity index (χ2v) is 9.71. The molecule has 1 aliphatic heterocycles. The highest BCUT2D eigenvalue weighted by molar-refractivity contribution is 6.01. The van der Waals surface area contributed by atoms with Crippen LogP contribution in [0.2, 0.25) is 0 Å². The molecule has 6 rings (SSSR count). The predicted octanol–water partition coefficient (Wildman–Crippen LogP) is 3.58. The molecule has 2 atom stereocenters. The number of aromatic nitrogens is 5. The van der Waals surface area contributed by atoms with Crippen LogP contribution < -0.4 is 15.5 Å². The highest BCUT2D eigenvalue weighted by Gasteiger charge is 2.34. The average Bonchev–Trinajstić information content (AvgIpc) is 3.48. The number of aryl methyl sites for hydroxylation is 1. The SMILES string of the molecule is C[C@H]1CN(c2cc(F)c3c(Nc4cc(F)c5nn(C)nc5c4)nn(C(=O)C4CC4)c3c2)C[C@H](C)N1. The summed E-state index contributed by atoms with van der Waals surface area (Å²) in [7, 11) is 1.61. The van der Waals surface area contributed by atoms with E-state index in [-0.39, 0.29) is 40.6 Å². The van der Waals surface area contributed by atoms with Crippen LogP contribution in [0, 0.1) is 17.6 Å². The summed E-state index contributed by atoms with van der Waals surface area (Å²) in [4.78, 5) is 16.5. The minimum Gasteiger partial charge on any atom is -0.368 e. The minimum absolute atomic E-state index is 0.106. The highest BCUT2D eigenvalue weighted by Crippen LogP contribution is 2.37. The van der Waals surface area contributed by atoms with Crippen molar-refractivity contribution in [3.8, 4) is 0 Å². The van der Waals surface area contributed by atoms with Gasteiger partial charge in [-0.15, -0.1) is 5.10 Å². The molecule has 0 bridgehead atoms. The summed E-state index contributed by atoms with van der Waals surface area (Å²) in [5.74, 6) is -1.15. The Morgan fingerprint density at radius 2 is 1.77 bits per heavy atom. The largest absolute Gasteiger partial charge is 0.368 e. The van der Waals surface area contributed by atoms with Crippen LogP contribution >= 0.6 is 0 Å². The number of benzene rings is 2. The van der Waals surface area contributed by atoms with Gasteiger partial charge in [0.05, 0.1) is 10.9 Å². The third kappa shape index (κ3) is 3.89. The van der Waals surface area contributed by atoms with Crippen molar-refractivity contribution in [1.29, 1.82) is 0 Å². The van der Waals surface area contributed by atoms with E-state index in [4.69, 9.17) is 0 Å². The van der Waals surface area contributed by atoms with Gasteiger partial charge in [-0.3, -0.25) is 4.79 Å². The lowest BCUT2D eigenvalue weighted by Gasteiger charge is -2.37. The Labute approximate surface area is 200 Å². The third-order valence-electron chi connectivity index (χ3n) is 6.58. The maximum atomic E-state index is 15.6. The van der Waals surface area contributed by atoms with Crippen molar-refractivity contribution < 1.29 is 13.6 Å². The van der Waals surface area contributed by atoms with Crippen LogP contribution in [0.15, 0.2) is 24.3 Å². The van der Waals surface area contributed by atoms with Crippen molar-refractivity contribution in [1.82, 2.24) is 30.1 Å². The number of hydrogen-bond acceptors (Lipinski definition) is 7. The van der Waals surface area contributed by atoms with Crippen LogP contribution in [0.3, 0.4) is 0 Å². The van der Waals surface area contributed by atoms with Gasteiger partial charge in [0.25, 0.3) is 5.91 Å². The summed E-state index contributed by atoms with van der Waals surface area (Å²) in [6.45, 7) is 5.63. The van der Waals surface area contributed by atoms with Crippen molar-refractivity contribution >= 4 is 45.0 Å². The number of anilines is 3. The first-order chi connectivity index (χ1) is 16.8. The zero-order chi connectivity index (χ0) is 24.4. The maximum Gasteiger partial charge on any atom is 0.250 e. The van der Waals surface area contributed by atoms with Gasteiger partial charge in [0.2, 0.25) is 0 Å². The van der Waals surface area contributed by atoms with Gasteiger partial charge in [-0.2, -0.15) is 19.7 Å². The van der Waals surface area contributed by atoms with E-state index in [1.165, 1.54) is 21.6 Å². The second kappa shape index (κ2) is 7.98. The van der Waals surface area contributed by atoms with Crippen LogP contribution in [-0.4, -0.2) is 55.9 Å². The Morgan fingerprint density at radius 1 is 1.03 bits per heavy atom. The van der Waals surface area contributed by atoms with Gasteiger partial charge in [0, 0.05) is 49.5 Å². The molecule has 182 valence electrons. The van der Waals surface area contributed by atoms with Crippen molar-refractivity contribution in [2.45, 2.75) is 38.8 Å². The predicted molar refractivity (Wildman–Crippen MR) is 129 cm³/mol. The second-order valence-electron chi connectivity index (χ2n) is 9.71. The Kier molecular flexibility index (Phi) is 4.99. The lowest BCUT2D eigenvalue weighted by atomic mass is 10.1. The molecular weight excluding hydrogens is 454 g/mol. The molecule has 0 unspecified atom stereocenters. The first kappa shape index (κ1) is 21.9. The quantitative estimate of drug-likeness (QED) is 0.461. The molecule has 2 aromatic carbocycles. The number of nitrogens with one attached hydrogen (secondary N) is 2. The Hall–Kier alpha value is -3.60. The Balaban J connectivity index is 1.45. The molecule has 2 aliphatic rings. The maximum absolute atomic E-state index is 15.6. The lowest BCUT2D eigenvalue weighted by Crippen LogP contribution is -2.54. The lowest BCUT2D eigenvalue weighted by molar-refractivity contribution is 0.0876. The molecule has 0 radical (unpaired) electrons. The fraction of sp³-hybridized carbons (Fsp3) is 0.417. The summed E-state index contributed by atoms with van der Waals surface area (Å²) in [5.41, 5.74) is 1.96. The van der Waals surface area contributed by atoms with Crippen LogP contribution in [0.4, 0.5) is 26.0 Å². The first-order valence-corrected chi connectivity index (χ1v) is 11.8. The molecule has 1 saturated heterocycles. The summed E-state index contributed by atoms with van der Waals surface area (Å²) >= 11 is 0. The molecule has 4 aromatic rings. The molecule has 0 amide bonds. The van der Waals surface area contributed by atoms with Gasteiger partial charge >= 0.3 is 0 Å². The van der Waals surface area contributed by atoms with Gasteiger partial charge in [-0.05, 0) is 51.0 Å². The van der Waals surface area contributed by atoms with E-state index in [1.54, 1.807) is 13.1 Å². The van der Waals surface area contributed by atoms with Crippen molar-refractivity contribution in [3.63, 3.8) is 0 Å². The van der Waals surface area contributed by atoms with Gasteiger partial charge in [-0.25, -0.2) is 8.78 Å². The number of piperazine rings is 1. The molecule has 9 nitrogen and oxygen atoms in total. The average molecular weight is 481 g/mol. The first-order valence-electron chi connectivity index (χ1n) is 11.8. The van der Waals surface area contributed by atoms with Gasteiger partial charge in [0.15, 0.2) is 11.6 Å². The van der Waals surface area contributed by atoms with Crippen LogP contribution in [-0.2, 0) is 7.05 Å². The van der Waals surface area contributed by atoms with E-state index in [0.717, 1.165) is 25.9 Å². The molecule has 2 N–H and O–H groups in total. The van der Waals surface area contributed by atoms with Gasteiger partial charge < -0.3 is 15.5 Å². The number of hydrogen-bond donors (Lipinski definition) is 2. The molecule has 1 saturated carbocycles. The van der Waals surface area contributed by atoms with E-state index >= 15 is 4.39 Å². The van der Waals surface area contributed by atoms with Crippen molar-refractivity contribution in [2.24, 2.45) is 13.0 Å². The number of carbonyl (C=O) groups excluding carboxylic acids is 1. The highest BCUT2D eigenvalue weighted by atomic mass is 19.1. The van der Waals surface area contributed by atoms with Gasteiger partial charge in [-0.1, -0.05) is 0 Å². The normalized spacial score (nSPS) is 20.7. The zero-order valence-electron chi connectivity index (χ0n) is 19.7. The number of rotatable bonds is 4. The fourth-order valence-electron chi connectivity index (χ4n) is 4.95. The number of halogens is 2. The van der Waals surface area contributed by atoms with Crippen LogP contribution in [0.1, 0.15) is 31.5 Å². The summed E-state index contributed by atoms with van der Waals surface area (Å²) in [6, 6.07) is 6.69. The number of nitrogens with zero attached hydrogens (tertiary/aromatic N) is 6. The topological polar surface area (TPSA) is 92.9 Å². The van der Waals surface area contributed by atoms with E-state index in [1.807, 2.05) is 6.07 Å². The van der Waals surface area contributed by atoms with Crippen molar-refractivity contribution in [2.75, 3.05) is 23.3 Å². The van der Waals surface area contributed by atoms with E-state index in [2.05, 4.69) is 44.7 Å². The molecule has 1 aliphatic carbocycles. The smallest absolute Gasteiger partial charge is 0.250 e. The van der Waals surface area contributed by atoms with Crippen LogP contribution in [0.5, 0.6) is 0 Å². The standard InChI is InChI=1S/C24H26F2N8O/c1-12-10-33(11-13(2)27-12)16-8-17(25)21-20(9-16)34(24(35)14-4-5-14)31-23(21)28-15-6-18(26)22-19(7-15)29-32(3)30-22/h6-9,12-14,27H,4-5,10-11H2,1-3H3,(H,28,31)/t12-,13-/m0/s1. The zero-order valence-corrected chi connectivity index (χ0v) is 19.7. The molecule has 2 aromatic heterocycles. The Morgan fingerprint density at radius 3 is 2.49 bits per heavy atom. The fourth-order valence-corrected chi connectivity index (χ4v) is 4.95. The summed E-state index contributed by atoms with van der Waals surface area (Å²) < 4.78 is 31.5. The molecule has 0 spiro atoms. The van der Waals surface area contributed by atoms with Crippen molar-refractivity contribution in [3.05, 3.63) is 35.9 Å². The van der Waals surface area contributed by atoms with E-state index in [0.29, 0.717) is 22.4 Å². The van der Waals surface area contributed by atoms with E-state index < -0.39 is 11.6 Å². The molecule has 3 heterocycles. The minimum atomic E-state index is -0.555. The number of carbonyl (C=O) groups is 1. The molecule has 11 heteroatoms. The summed E-state index contributed by atoms with van der Waals surface area (Å²) in [5, 5.41) is 19.3. The molecule has 2 fully saturated rings. The van der Waals surface area contributed by atoms with Crippen LogP contribution in [0.25, 0.3) is 21.9 Å². The summed E-state index contributed by atoms with van der Waals surface area (Å²) in [6.07, 6.45) is 1.60. The molecule has 35 heavy (non-hydrogen) atoms. The third-order valence-corrected chi connectivity index (χ3v) is 6.58. The van der Waals surface area contributed by atoms with E-state index in [9.17, 15) is 9.18 Å². The van der Waals surface area contributed by atoms with Gasteiger partial charge in [0.1, 0.15) is 16.9 Å².